The molecule has 1 heteroatoms. The Hall–Kier alpha value is -2.41. The summed E-state index contributed by atoms with van der Waals surface area (Å²) in [6.45, 7) is 12.4. The summed E-state index contributed by atoms with van der Waals surface area (Å²) >= 11 is 0. The van der Waals surface area contributed by atoms with Gasteiger partial charge in [0.25, 0.3) is 0 Å². The van der Waals surface area contributed by atoms with Gasteiger partial charge in [-0.2, -0.15) is 4.57 Å². The van der Waals surface area contributed by atoms with E-state index in [0.717, 1.165) is 32.2 Å². The molecule has 1 aliphatic heterocycles. The first-order valence-corrected chi connectivity index (χ1v) is 11.4. The van der Waals surface area contributed by atoms with Gasteiger partial charge in [-0.1, -0.05) is 76.1 Å². The molecule has 3 aromatic rings. The Labute approximate surface area is 176 Å². The second-order valence-electron chi connectivity index (χ2n) is 8.61. The molecule has 2 aromatic carbocycles. The van der Waals surface area contributed by atoms with Gasteiger partial charge in [0, 0.05) is 6.07 Å². The first-order chi connectivity index (χ1) is 14.2. The van der Waals surface area contributed by atoms with E-state index in [1.807, 2.05) is 0 Å². The average Bonchev–Trinajstić information content (AvgIpc) is 2.76. The molecule has 1 unspecified atom stereocenters. The maximum Gasteiger partial charge on any atom is 0.220 e. The summed E-state index contributed by atoms with van der Waals surface area (Å²) in [6, 6.07) is 18.3. The minimum absolute atomic E-state index is 0.0256. The highest BCUT2D eigenvalue weighted by molar-refractivity contribution is 5.96. The van der Waals surface area contributed by atoms with Crippen molar-refractivity contribution in [2.24, 2.45) is 0 Å². The average molecular weight is 385 g/mol. The molecular formula is C28H34N+. The fourth-order valence-electron chi connectivity index (χ4n) is 5.31. The smallest absolute Gasteiger partial charge is 0.196 e. The van der Waals surface area contributed by atoms with E-state index in [9.17, 15) is 0 Å². The molecule has 0 amide bonds. The van der Waals surface area contributed by atoms with Crippen LogP contribution in [-0.2, 0) is 18.4 Å². The Morgan fingerprint density at radius 1 is 0.966 bits per heavy atom. The lowest BCUT2D eigenvalue weighted by Gasteiger charge is -2.37. The first kappa shape index (κ1) is 19.9. The van der Waals surface area contributed by atoms with E-state index in [1.54, 1.807) is 0 Å². The topological polar surface area (TPSA) is 3.88 Å². The largest absolute Gasteiger partial charge is 0.220 e. The lowest BCUT2D eigenvalue weighted by atomic mass is 9.67. The molecule has 0 spiro atoms. The highest BCUT2D eigenvalue weighted by atomic mass is 15.0. The zero-order chi connectivity index (χ0) is 20.4. The van der Waals surface area contributed by atoms with Crippen molar-refractivity contribution < 1.29 is 4.57 Å². The lowest BCUT2D eigenvalue weighted by Crippen LogP contribution is -2.51. The quantitative estimate of drug-likeness (QED) is 0.301. The van der Waals surface area contributed by atoms with E-state index in [0.29, 0.717) is 0 Å². The zero-order valence-electron chi connectivity index (χ0n) is 18.3. The highest BCUT2D eigenvalue weighted by Crippen LogP contribution is 2.46. The van der Waals surface area contributed by atoms with Gasteiger partial charge in [0.1, 0.15) is 0 Å². The van der Waals surface area contributed by atoms with Crippen LogP contribution in [0.5, 0.6) is 0 Å². The molecule has 1 nitrogen and oxygen atoms in total. The normalized spacial score (nSPS) is 17.8. The molecule has 0 bridgehead atoms. The molecule has 0 saturated carbocycles. The number of hydrogen-bond donors (Lipinski definition) is 0. The summed E-state index contributed by atoms with van der Waals surface area (Å²) in [5.41, 5.74) is 7.11. The van der Waals surface area contributed by atoms with Crippen molar-refractivity contribution >= 4 is 10.8 Å². The van der Waals surface area contributed by atoms with Crippen LogP contribution in [0.1, 0.15) is 64.0 Å². The van der Waals surface area contributed by atoms with Crippen molar-refractivity contribution in [3.63, 3.8) is 0 Å². The van der Waals surface area contributed by atoms with E-state index >= 15 is 0 Å². The van der Waals surface area contributed by atoms with Crippen molar-refractivity contribution in [3.8, 4) is 11.3 Å². The molecular weight excluding hydrogens is 350 g/mol. The van der Waals surface area contributed by atoms with E-state index < -0.39 is 0 Å². The summed E-state index contributed by atoms with van der Waals surface area (Å²) in [5, 5.41) is 2.80. The summed E-state index contributed by atoms with van der Waals surface area (Å²) in [4.78, 5) is 0. The monoisotopic (exact) mass is 384 g/mol. The number of nitrogens with zero attached hydrogens (tertiary/aromatic N) is 1. The Balaban J connectivity index is 1.96. The number of allylic oxidation sites excluding steroid dienone is 1. The van der Waals surface area contributed by atoms with Gasteiger partial charge in [0.05, 0.1) is 16.4 Å². The van der Waals surface area contributed by atoms with Crippen molar-refractivity contribution in [1.29, 1.82) is 0 Å². The molecule has 1 aromatic heterocycles. The van der Waals surface area contributed by atoms with E-state index in [1.165, 1.54) is 51.6 Å². The molecule has 0 fully saturated rings. The molecule has 4 rings (SSSR count). The van der Waals surface area contributed by atoms with Crippen LogP contribution < -0.4 is 4.57 Å². The van der Waals surface area contributed by atoms with Gasteiger partial charge < -0.3 is 0 Å². The summed E-state index contributed by atoms with van der Waals surface area (Å²) in [6.07, 6.45) is 9.29. The number of rotatable bonds is 7. The van der Waals surface area contributed by atoms with E-state index in [2.05, 4.69) is 86.6 Å². The number of fused-ring (bicyclic) bond motifs is 5. The van der Waals surface area contributed by atoms with Crippen molar-refractivity contribution in [2.45, 2.75) is 71.3 Å². The minimum Gasteiger partial charge on any atom is -0.196 e. The van der Waals surface area contributed by atoms with Crippen LogP contribution in [0.15, 0.2) is 66.9 Å². The van der Waals surface area contributed by atoms with Gasteiger partial charge in [-0.05, 0) is 54.3 Å². The molecule has 150 valence electrons. The second kappa shape index (κ2) is 8.14. The Kier molecular flexibility index (Phi) is 5.58. The highest BCUT2D eigenvalue weighted by Gasteiger charge is 2.44. The fourth-order valence-corrected chi connectivity index (χ4v) is 5.31. The third kappa shape index (κ3) is 3.21. The summed E-state index contributed by atoms with van der Waals surface area (Å²) in [5.74, 6) is 0. The molecule has 29 heavy (non-hydrogen) atoms. The Morgan fingerprint density at radius 3 is 2.55 bits per heavy atom. The van der Waals surface area contributed by atoms with Crippen molar-refractivity contribution in [2.75, 3.05) is 0 Å². The third-order valence-electron chi connectivity index (χ3n) is 6.93. The van der Waals surface area contributed by atoms with Crippen LogP contribution in [0.2, 0.25) is 0 Å². The number of hydrogen-bond acceptors (Lipinski definition) is 0. The van der Waals surface area contributed by atoms with Gasteiger partial charge in [-0.3, -0.25) is 0 Å². The summed E-state index contributed by atoms with van der Waals surface area (Å²) < 4.78 is 2.50. The number of pyridine rings is 1. The number of aromatic nitrogens is 1. The molecule has 0 saturated heterocycles. The van der Waals surface area contributed by atoms with Gasteiger partial charge in [0.2, 0.25) is 5.69 Å². The van der Waals surface area contributed by atoms with Gasteiger partial charge >= 0.3 is 0 Å². The molecule has 1 atom stereocenters. The van der Waals surface area contributed by atoms with Crippen molar-refractivity contribution in [1.82, 2.24) is 0 Å². The van der Waals surface area contributed by atoms with Gasteiger partial charge in [0.15, 0.2) is 12.7 Å². The molecule has 2 heterocycles. The predicted octanol–water partition coefficient (Wildman–Crippen LogP) is 7.15. The van der Waals surface area contributed by atoms with Crippen LogP contribution in [0.4, 0.5) is 0 Å². The van der Waals surface area contributed by atoms with Gasteiger partial charge in [-0.15, -0.1) is 0 Å². The molecule has 1 aliphatic rings. The third-order valence-corrected chi connectivity index (χ3v) is 6.93. The maximum atomic E-state index is 4.58. The second-order valence-corrected chi connectivity index (χ2v) is 8.61. The van der Waals surface area contributed by atoms with E-state index in [-0.39, 0.29) is 5.41 Å². The number of unbranched alkanes of at least 4 members (excludes halogenated alkanes) is 1. The number of benzene rings is 2. The first-order valence-electron chi connectivity index (χ1n) is 11.4. The van der Waals surface area contributed by atoms with Crippen LogP contribution in [0.3, 0.4) is 0 Å². The lowest BCUT2D eigenvalue weighted by molar-refractivity contribution is -0.694. The standard InChI is InChI=1S/C28H34N/c1-5-8-13-22-14-11-16-24-23(22)18-19-29-20-28(7-3,21(4)12-6-2)26-17-10-9-15-25(26)27(24)29/h9-11,14-19H,4-8,12-13,20H2,1-3H3/q+1. The minimum atomic E-state index is 0.0256. The molecule has 0 radical (unpaired) electrons. The SMILES string of the molecule is C=C(CCC)C1(CC)C[n+]2ccc3c(CCCC)cccc3c2-c2ccccc21. The van der Waals surface area contributed by atoms with Crippen molar-refractivity contribution in [3.05, 3.63) is 78.0 Å². The predicted molar refractivity (Wildman–Crippen MR) is 124 cm³/mol. The zero-order valence-corrected chi connectivity index (χ0v) is 18.3. The maximum absolute atomic E-state index is 4.58. The molecule has 0 aliphatic carbocycles. The number of aryl methyl sites for hydroxylation is 1. The fraction of sp³-hybridized carbons (Fsp3) is 0.393. The van der Waals surface area contributed by atoms with Gasteiger partial charge in [-0.25, -0.2) is 0 Å². The summed E-state index contributed by atoms with van der Waals surface area (Å²) in [7, 11) is 0. The van der Waals surface area contributed by atoms with E-state index in [4.69, 9.17) is 0 Å². The van der Waals surface area contributed by atoms with Crippen LogP contribution in [0, 0.1) is 0 Å². The van der Waals surface area contributed by atoms with Crippen LogP contribution in [-0.4, -0.2) is 0 Å². The molecule has 0 N–H and O–H groups in total. The van der Waals surface area contributed by atoms with Crippen LogP contribution >= 0.6 is 0 Å². The Morgan fingerprint density at radius 2 is 1.79 bits per heavy atom. The van der Waals surface area contributed by atoms with Crippen LogP contribution in [0.25, 0.3) is 22.0 Å². The Bertz CT molecular complexity index is 1050.